The maximum atomic E-state index is 9.15. The summed E-state index contributed by atoms with van der Waals surface area (Å²) in [7, 11) is 0. The number of nitrogens with zero attached hydrogens (tertiary/aromatic N) is 2. The highest BCUT2D eigenvalue weighted by Gasteiger charge is 2.05. The molecule has 2 rings (SSSR count). The molecule has 6 heteroatoms. The molecule has 0 fully saturated rings. The number of rotatable bonds is 4. The molecule has 0 unspecified atom stereocenters. The molecule has 0 bridgehead atoms. The minimum atomic E-state index is -0.0988. The molecule has 0 aliphatic rings. The number of para-hydroxylation sites is 1. The van der Waals surface area contributed by atoms with Crippen molar-refractivity contribution in [1.82, 2.24) is 9.97 Å². The fourth-order valence-corrected chi connectivity index (χ4v) is 1.31. The maximum Gasteiger partial charge on any atom is 0.239 e. The van der Waals surface area contributed by atoms with Crippen LogP contribution in [0.3, 0.4) is 0 Å². The lowest BCUT2D eigenvalue weighted by Gasteiger charge is -2.08. The Balaban J connectivity index is 2.24. The lowest BCUT2D eigenvalue weighted by molar-refractivity contribution is 0.276. The first-order chi connectivity index (χ1) is 8.33. The van der Waals surface area contributed by atoms with E-state index >= 15 is 0 Å². The van der Waals surface area contributed by atoms with E-state index in [1.807, 2.05) is 12.1 Å². The maximum absolute atomic E-state index is 9.15. The standard InChI is InChI=1S/C11H12N4O2/c12-15-10-5-13-6-11(14-10)17-9-4-2-1-3-8(9)7-16/h1-6,16H,7,12H2,(H,14,15). The summed E-state index contributed by atoms with van der Waals surface area (Å²) < 4.78 is 5.51. The Morgan fingerprint density at radius 3 is 2.88 bits per heavy atom. The Bertz CT molecular complexity index is 504. The molecular weight excluding hydrogens is 220 g/mol. The van der Waals surface area contributed by atoms with E-state index in [4.69, 9.17) is 15.7 Å². The van der Waals surface area contributed by atoms with Gasteiger partial charge in [-0.2, -0.15) is 4.98 Å². The average molecular weight is 232 g/mol. The first-order valence-electron chi connectivity index (χ1n) is 4.99. The topological polar surface area (TPSA) is 93.3 Å². The Kier molecular flexibility index (Phi) is 3.49. The van der Waals surface area contributed by atoms with Crippen LogP contribution >= 0.6 is 0 Å². The first-order valence-corrected chi connectivity index (χ1v) is 4.99. The smallest absolute Gasteiger partial charge is 0.239 e. The van der Waals surface area contributed by atoms with Crippen molar-refractivity contribution in [1.29, 1.82) is 0 Å². The highest BCUT2D eigenvalue weighted by atomic mass is 16.5. The van der Waals surface area contributed by atoms with Gasteiger partial charge >= 0.3 is 0 Å². The Labute approximate surface area is 98.1 Å². The third-order valence-corrected chi connectivity index (χ3v) is 2.12. The van der Waals surface area contributed by atoms with E-state index < -0.39 is 0 Å². The molecule has 0 spiro atoms. The van der Waals surface area contributed by atoms with Gasteiger partial charge in [-0.3, -0.25) is 4.98 Å². The van der Waals surface area contributed by atoms with Crippen LogP contribution in [0.5, 0.6) is 11.6 Å². The van der Waals surface area contributed by atoms with Gasteiger partial charge in [0.1, 0.15) is 5.75 Å². The zero-order chi connectivity index (χ0) is 12.1. The van der Waals surface area contributed by atoms with E-state index in [0.717, 1.165) is 0 Å². The zero-order valence-electron chi connectivity index (χ0n) is 9.00. The van der Waals surface area contributed by atoms with Crippen molar-refractivity contribution in [3.05, 3.63) is 42.2 Å². The van der Waals surface area contributed by atoms with Gasteiger partial charge in [-0.1, -0.05) is 18.2 Å². The van der Waals surface area contributed by atoms with Gasteiger partial charge in [-0.25, -0.2) is 5.84 Å². The zero-order valence-corrected chi connectivity index (χ0v) is 9.00. The summed E-state index contributed by atoms with van der Waals surface area (Å²) in [6.45, 7) is -0.0988. The molecule has 6 nitrogen and oxygen atoms in total. The van der Waals surface area contributed by atoms with E-state index in [2.05, 4.69) is 15.4 Å². The summed E-state index contributed by atoms with van der Waals surface area (Å²) in [6, 6.07) is 7.15. The molecule has 4 N–H and O–H groups in total. The third kappa shape index (κ3) is 2.68. The van der Waals surface area contributed by atoms with Crippen LogP contribution in [0.25, 0.3) is 0 Å². The minimum Gasteiger partial charge on any atom is -0.437 e. The quantitative estimate of drug-likeness (QED) is 0.539. The molecule has 1 aromatic carbocycles. The second-order valence-electron chi connectivity index (χ2n) is 3.25. The van der Waals surface area contributed by atoms with E-state index in [0.29, 0.717) is 23.0 Å². The highest BCUT2D eigenvalue weighted by Crippen LogP contribution is 2.23. The van der Waals surface area contributed by atoms with Gasteiger partial charge in [0.05, 0.1) is 19.0 Å². The summed E-state index contributed by atoms with van der Waals surface area (Å²) in [5, 5.41) is 9.15. The number of hydrogen-bond donors (Lipinski definition) is 3. The fourth-order valence-electron chi connectivity index (χ4n) is 1.31. The summed E-state index contributed by atoms with van der Waals surface area (Å²) in [6.07, 6.45) is 2.94. The van der Waals surface area contributed by atoms with Crippen LogP contribution in [0.2, 0.25) is 0 Å². The summed E-state index contributed by atoms with van der Waals surface area (Å²) in [5.41, 5.74) is 3.06. The van der Waals surface area contributed by atoms with Crippen molar-refractivity contribution in [3.8, 4) is 11.6 Å². The van der Waals surface area contributed by atoms with Crippen molar-refractivity contribution in [2.75, 3.05) is 5.43 Å². The lowest BCUT2D eigenvalue weighted by Crippen LogP contribution is -2.09. The molecule has 1 aromatic heterocycles. The predicted octanol–water partition coefficient (Wildman–Crippen LogP) is 1.05. The van der Waals surface area contributed by atoms with Crippen molar-refractivity contribution >= 4 is 5.82 Å². The number of ether oxygens (including phenoxy) is 1. The number of aromatic nitrogens is 2. The number of nitrogen functional groups attached to an aromatic ring is 1. The minimum absolute atomic E-state index is 0.0988. The Hall–Kier alpha value is -2.18. The van der Waals surface area contributed by atoms with Gasteiger partial charge in [-0.15, -0.1) is 0 Å². The number of aliphatic hydroxyl groups is 1. The van der Waals surface area contributed by atoms with Crippen LogP contribution in [0.15, 0.2) is 36.7 Å². The van der Waals surface area contributed by atoms with Gasteiger partial charge in [0.15, 0.2) is 5.82 Å². The van der Waals surface area contributed by atoms with Crippen LogP contribution in [-0.2, 0) is 6.61 Å². The molecule has 0 amide bonds. The molecule has 2 aromatic rings. The van der Waals surface area contributed by atoms with Gasteiger partial charge in [0, 0.05) is 5.56 Å². The molecule has 0 aliphatic carbocycles. The molecule has 88 valence electrons. The fraction of sp³-hybridized carbons (Fsp3) is 0.0909. The number of hydrazine groups is 1. The van der Waals surface area contributed by atoms with E-state index in [1.165, 1.54) is 12.4 Å². The number of aliphatic hydroxyl groups excluding tert-OH is 1. The molecule has 1 heterocycles. The van der Waals surface area contributed by atoms with Crippen LogP contribution in [0, 0.1) is 0 Å². The number of benzene rings is 1. The number of hydrogen-bond acceptors (Lipinski definition) is 6. The molecule has 0 radical (unpaired) electrons. The van der Waals surface area contributed by atoms with Gasteiger partial charge in [0.2, 0.25) is 5.88 Å². The van der Waals surface area contributed by atoms with Crippen LogP contribution in [-0.4, -0.2) is 15.1 Å². The van der Waals surface area contributed by atoms with Crippen LogP contribution in [0.1, 0.15) is 5.56 Å². The molecule has 0 saturated heterocycles. The number of anilines is 1. The summed E-state index contributed by atoms with van der Waals surface area (Å²) in [5.74, 6) is 6.47. The first kappa shape index (κ1) is 11.3. The molecular formula is C11H12N4O2. The summed E-state index contributed by atoms with van der Waals surface area (Å²) >= 11 is 0. The van der Waals surface area contributed by atoms with Gasteiger partial charge < -0.3 is 15.3 Å². The van der Waals surface area contributed by atoms with Crippen molar-refractivity contribution < 1.29 is 9.84 Å². The second-order valence-corrected chi connectivity index (χ2v) is 3.25. The Morgan fingerprint density at radius 1 is 1.29 bits per heavy atom. The normalized spacial score (nSPS) is 10.0. The molecule has 17 heavy (non-hydrogen) atoms. The van der Waals surface area contributed by atoms with E-state index in [9.17, 15) is 0 Å². The SMILES string of the molecule is NNc1cncc(Oc2ccccc2CO)n1. The predicted molar refractivity (Wildman–Crippen MR) is 62.3 cm³/mol. The van der Waals surface area contributed by atoms with E-state index in [1.54, 1.807) is 12.1 Å². The van der Waals surface area contributed by atoms with Crippen molar-refractivity contribution in [2.45, 2.75) is 6.61 Å². The van der Waals surface area contributed by atoms with Crippen LogP contribution < -0.4 is 16.0 Å². The van der Waals surface area contributed by atoms with Crippen molar-refractivity contribution in [2.24, 2.45) is 5.84 Å². The van der Waals surface area contributed by atoms with Crippen LogP contribution in [0.4, 0.5) is 5.82 Å². The molecule has 0 aliphatic heterocycles. The third-order valence-electron chi connectivity index (χ3n) is 2.12. The monoisotopic (exact) mass is 232 g/mol. The van der Waals surface area contributed by atoms with Gasteiger partial charge in [0.25, 0.3) is 0 Å². The van der Waals surface area contributed by atoms with Crippen molar-refractivity contribution in [3.63, 3.8) is 0 Å². The van der Waals surface area contributed by atoms with Gasteiger partial charge in [-0.05, 0) is 6.07 Å². The van der Waals surface area contributed by atoms with E-state index in [-0.39, 0.29) is 6.61 Å². The molecule has 0 saturated carbocycles. The second kappa shape index (κ2) is 5.24. The average Bonchev–Trinajstić information content (AvgIpc) is 2.39. The number of nitrogens with one attached hydrogen (secondary N) is 1. The lowest BCUT2D eigenvalue weighted by atomic mass is 10.2. The highest BCUT2D eigenvalue weighted by molar-refractivity contribution is 5.37. The number of nitrogens with two attached hydrogens (primary N) is 1. The largest absolute Gasteiger partial charge is 0.437 e. The summed E-state index contributed by atoms with van der Waals surface area (Å²) in [4.78, 5) is 7.97. The Morgan fingerprint density at radius 2 is 2.12 bits per heavy atom. The molecule has 0 atom stereocenters.